The summed E-state index contributed by atoms with van der Waals surface area (Å²) in [5, 5.41) is 0. The van der Waals surface area contributed by atoms with Crippen LogP contribution in [0, 0.1) is 11.8 Å². The third-order valence-electron chi connectivity index (χ3n) is 4.61. The molecule has 1 aliphatic heterocycles. The number of rotatable bonds is 5. The lowest BCUT2D eigenvalue weighted by molar-refractivity contribution is 0.154. The minimum absolute atomic E-state index is 0.148. The van der Waals surface area contributed by atoms with E-state index in [-0.39, 0.29) is 6.04 Å². The van der Waals surface area contributed by atoms with E-state index in [2.05, 4.69) is 52.9 Å². The summed E-state index contributed by atoms with van der Waals surface area (Å²) < 4.78 is 1.11. The predicted octanol–water partition coefficient (Wildman–Crippen LogP) is 4.21. The molecule has 1 heterocycles. The monoisotopic (exact) mass is 338 g/mol. The number of nitrogens with two attached hydrogens (primary N) is 1. The summed E-state index contributed by atoms with van der Waals surface area (Å²) in [5.41, 5.74) is 7.54. The number of benzene rings is 1. The van der Waals surface area contributed by atoms with E-state index in [9.17, 15) is 0 Å². The highest BCUT2D eigenvalue weighted by Gasteiger charge is 2.21. The number of nitrogens with zero attached hydrogens (tertiary/aromatic N) is 1. The molecule has 2 N–H and O–H groups in total. The lowest BCUT2D eigenvalue weighted by atomic mass is 9.86. The largest absolute Gasteiger partial charge is 0.324 e. The molecule has 1 saturated heterocycles. The van der Waals surface area contributed by atoms with E-state index >= 15 is 0 Å². The van der Waals surface area contributed by atoms with E-state index in [1.165, 1.54) is 31.5 Å². The second-order valence-corrected chi connectivity index (χ2v) is 7.29. The second-order valence-electron chi connectivity index (χ2n) is 6.37. The van der Waals surface area contributed by atoms with Gasteiger partial charge in [0.15, 0.2) is 0 Å². The molecule has 1 fully saturated rings. The van der Waals surface area contributed by atoms with Crippen LogP contribution in [0.15, 0.2) is 28.7 Å². The van der Waals surface area contributed by atoms with Gasteiger partial charge in [0.05, 0.1) is 0 Å². The summed E-state index contributed by atoms with van der Waals surface area (Å²) in [6.07, 6.45) is 3.75. The van der Waals surface area contributed by atoms with E-state index in [1.54, 1.807) is 0 Å². The van der Waals surface area contributed by atoms with Crippen molar-refractivity contribution in [3.63, 3.8) is 0 Å². The molecule has 0 saturated carbocycles. The van der Waals surface area contributed by atoms with E-state index in [0.29, 0.717) is 0 Å². The van der Waals surface area contributed by atoms with Crippen molar-refractivity contribution in [2.75, 3.05) is 19.6 Å². The highest BCUT2D eigenvalue weighted by atomic mass is 79.9. The van der Waals surface area contributed by atoms with Crippen LogP contribution in [0.3, 0.4) is 0 Å². The first-order valence-corrected chi connectivity index (χ1v) is 8.59. The Morgan fingerprint density at radius 2 is 2.00 bits per heavy atom. The maximum atomic E-state index is 6.31. The molecule has 20 heavy (non-hydrogen) atoms. The van der Waals surface area contributed by atoms with E-state index in [4.69, 9.17) is 5.73 Å². The van der Waals surface area contributed by atoms with Gasteiger partial charge in [0, 0.05) is 10.5 Å². The Morgan fingerprint density at radius 3 is 2.60 bits per heavy atom. The fraction of sp³-hybridized carbons (Fsp3) is 0.647. The zero-order valence-electron chi connectivity index (χ0n) is 12.7. The maximum Gasteiger partial charge on any atom is 0.0307 e. The van der Waals surface area contributed by atoms with E-state index in [0.717, 1.165) is 29.3 Å². The first-order chi connectivity index (χ1) is 9.56. The molecule has 0 bridgehead atoms. The normalized spacial score (nSPS) is 19.4. The number of piperidine rings is 1. The molecule has 0 amide bonds. The molecule has 0 spiro atoms. The van der Waals surface area contributed by atoms with Crippen LogP contribution in [0.5, 0.6) is 0 Å². The van der Waals surface area contributed by atoms with Crippen molar-refractivity contribution in [2.45, 2.75) is 39.2 Å². The zero-order valence-corrected chi connectivity index (χ0v) is 14.3. The number of hydrogen-bond donors (Lipinski definition) is 1. The summed E-state index contributed by atoms with van der Waals surface area (Å²) in [6.45, 7) is 8.31. The number of likely N-dealkylation sites (tertiary alicyclic amines) is 1. The smallest absolute Gasteiger partial charge is 0.0307 e. The highest BCUT2D eigenvalue weighted by molar-refractivity contribution is 9.10. The summed E-state index contributed by atoms with van der Waals surface area (Å²) in [6, 6.07) is 8.52. The van der Waals surface area contributed by atoms with Crippen molar-refractivity contribution in [3.8, 4) is 0 Å². The van der Waals surface area contributed by atoms with Gasteiger partial charge in [-0.05, 0) is 68.4 Å². The minimum Gasteiger partial charge on any atom is -0.324 e. The van der Waals surface area contributed by atoms with Crippen molar-refractivity contribution in [1.82, 2.24) is 4.90 Å². The summed E-state index contributed by atoms with van der Waals surface area (Å²) in [7, 11) is 0. The van der Waals surface area contributed by atoms with Gasteiger partial charge in [0.2, 0.25) is 0 Å². The van der Waals surface area contributed by atoms with Gasteiger partial charge in [-0.1, -0.05) is 41.9 Å². The van der Waals surface area contributed by atoms with Crippen molar-refractivity contribution >= 4 is 15.9 Å². The van der Waals surface area contributed by atoms with E-state index < -0.39 is 0 Å². The molecule has 0 aromatic heterocycles. The van der Waals surface area contributed by atoms with Crippen LogP contribution in [0.4, 0.5) is 0 Å². The average molecular weight is 339 g/mol. The molecule has 1 aliphatic rings. The first-order valence-electron chi connectivity index (χ1n) is 7.79. The molecular weight excluding hydrogens is 312 g/mol. The molecule has 0 aliphatic carbocycles. The minimum atomic E-state index is 0.148. The van der Waals surface area contributed by atoms with Gasteiger partial charge in [0.1, 0.15) is 0 Å². The molecule has 2 nitrogen and oxygen atoms in total. The Morgan fingerprint density at radius 1 is 1.30 bits per heavy atom. The Labute approximate surface area is 131 Å². The molecule has 3 heteroatoms. The van der Waals surface area contributed by atoms with E-state index in [1.807, 2.05) is 6.07 Å². The Kier molecular flexibility index (Phi) is 6.06. The van der Waals surface area contributed by atoms with Gasteiger partial charge in [-0.15, -0.1) is 0 Å². The maximum absolute atomic E-state index is 6.31. The fourth-order valence-electron chi connectivity index (χ4n) is 3.07. The van der Waals surface area contributed by atoms with Gasteiger partial charge in [-0.3, -0.25) is 0 Å². The molecule has 1 aromatic carbocycles. The Bertz CT molecular complexity index is 411. The predicted molar refractivity (Wildman–Crippen MR) is 89.7 cm³/mol. The molecular formula is C17H27BrN2. The topological polar surface area (TPSA) is 29.3 Å². The molecule has 1 unspecified atom stereocenters. The van der Waals surface area contributed by atoms with Crippen LogP contribution in [-0.4, -0.2) is 24.5 Å². The van der Waals surface area contributed by atoms with Crippen LogP contribution in [0.25, 0.3) is 0 Å². The fourth-order valence-corrected chi connectivity index (χ4v) is 3.49. The molecule has 2 rings (SSSR count). The van der Waals surface area contributed by atoms with Crippen LogP contribution < -0.4 is 5.73 Å². The van der Waals surface area contributed by atoms with Gasteiger partial charge < -0.3 is 10.6 Å². The number of halogens is 1. The standard InChI is InChI=1S/C17H27BrN2/c1-13(2)14-6-9-20(10-7-14)11-8-17(19)15-4-3-5-16(18)12-15/h3-5,12-14,17H,6-11,19H2,1-2H3. The van der Waals surface area contributed by atoms with Crippen molar-refractivity contribution in [2.24, 2.45) is 17.6 Å². The van der Waals surface area contributed by atoms with Gasteiger partial charge >= 0.3 is 0 Å². The highest BCUT2D eigenvalue weighted by Crippen LogP contribution is 2.25. The third-order valence-corrected chi connectivity index (χ3v) is 5.10. The SMILES string of the molecule is CC(C)C1CCN(CCC(N)c2cccc(Br)c2)CC1. The summed E-state index contributed by atoms with van der Waals surface area (Å²) in [4.78, 5) is 2.58. The van der Waals surface area contributed by atoms with Crippen LogP contribution in [0.1, 0.15) is 44.7 Å². The molecule has 112 valence electrons. The lowest BCUT2D eigenvalue weighted by Gasteiger charge is -2.34. The Balaban J connectivity index is 1.76. The number of hydrogen-bond acceptors (Lipinski definition) is 2. The molecule has 0 radical (unpaired) electrons. The van der Waals surface area contributed by atoms with Crippen LogP contribution >= 0.6 is 15.9 Å². The third kappa shape index (κ3) is 4.57. The summed E-state index contributed by atoms with van der Waals surface area (Å²) >= 11 is 3.51. The van der Waals surface area contributed by atoms with Crippen molar-refractivity contribution in [1.29, 1.82) is 0 Å². The lowest BCUT2D eigenvalue weighted by Crippen LogP contribution is -2.36. The average Bonchev–Trinajstić information content (AvgIpc) is 2.45. The van der Waals surface area contributed by atoms with Gasteiger partial charge in [0.25, 0.3) is 0 Å². The van der Waals surface area contributed by atoms with Crippen molar-refractivity contribution in [3.05, 3.63) is 34.3 Å². The van der Waals surface area contributed by atoms with Gasteiger partial charge in [-0.25, -0.2) is 0 Å². The van der Waals surface area contributed by atoms with Crippen LogP contribution in [-0.2, 0) is 0 Å². The second kappa shape index (κ2) is 7.58. The summed E-state index contributed by atoms with van der Waals surface area (Å²) in [5.74, 6) is 1.76. The zero-order chi connectivity index (χ0) is 14.5. The Hall–Kier alpha value is -0.380. The van der Waals surface area contributed by atoms with Crippen LogP contribution in [0.2, 0.25) is 0 Å². The van der Waals surface area contributed by atoms with Gasteiger partial charge in [-0.2, -0.15) is 0 Å². The molecule has 1 atom stereocenters. The first kappa shape index (κ1) is 16.0. The molecule has 1 aromatic rings. The van der Waals surface area contributed by atoms with Crippen molar-refractivity contribution < 1.29 is 0 Å². The quantitative estimate of drug-likeness (QED) is 0.871.